The molecule has 3 fully saturated rings. The van der Waals surface area contributed by atoms with E-state index in [-0.39, 0.29) is 12.1 Å². The lowest BCUT2D eigenvalue weighted by Crippen LogP contribution is -3.27. The molecule has 2 atom stereocenters. The third-order valence-corrected chi connectivity index (χ3v) is 6.04. The predicted molar refractivity (Wildman–Crippen MR) is 79.6 cm³/mol. The number of piperazine rings is 1. The lowest BCUT2D eigenvalue weighted by atomic mass is 10.0. The van der Waals surface area contributed by atoms with Gasteiger partial charge in [0.25, 0.3) is 0 Å². The van der Waals surface area contributed by atoms with Gasteiger partial charge in [-0.2, -0.15) is 0 Å². The second-order valence-corrected chi connectivity index (χ2v) is 7.51. The fourth-order valence-corrected chi connectivity index (χ4v) is 4.43. The van der Waals surface area contributed by atoms with Gasteiger partial charge in [0.2, 0.25) is 0 Å². The predicted octanol–water partition coefficient (Wildman–Crippen LogP) is -3.46. The molecule has 3 N–H and O–H groups in total. The topological polar surface area (TPSA) is 39.6 Å². The molecule has 0 aromatic carbocycles. The zero-order valence-electron chi connectivity index (χ0n) is 13.6. The summed E-state index contributed by atoms with van der Waals surface area (Å²) in [5.41, 5.74) is 0. The Labute approximate surface area is 128 Å². The van der Waals surface area contributed by atoms with Crippen LogP contribution in [0.2, 0.25) is 0 Å². The van der Waals surface area contributed by atoms with Crippen LogP contribution in [0.5, 0.6) is 0 Å². The molecule has 0 aromatic heterocycles. The molecule has 2 bridgehead atoms. The molecule has 120 valence electrons. The number of hydrogen-bond acceptors (Lipinski definition) is 2. The third kappa shape index (κ3) is 3.76. The van der Waals surface area contributed by atoms with Gasteiger partial charge in [-0.3, -0.25) is 4.79 Å². The van der Waals surface area contributed by atoms with Crippen molar-refractivity contribution in [1.82, 2.24) is 0 Å². The number of piperidine rings is 1. The highest BCUT2D eigenvalue weighted by molar-refractivity contribution is 5.69. The number of quaternary nitrogens is 3. The Kier molecular flexibility index (Phi) is 4.82. The van der Waals surface area contributed by atoms with E-state index in [4.69, 9.17) is 4.74 Å². The average Bonchev–Trinajstić information content (AvgIpc) is 2.69. The molecule has 0 amide bonds. The van der Waals surface area contributed by atoms with Crippen molar-refractivity contribution in [2.45, 2.75) is 50.3 Å². The van der Waals surface area contributed by atoms with Crippen LogP contribution in [0.4, 0.5) is 0 Å². The number of carbonyl (C=O) groups excluding carboxylic acids is 1. The Balaban J connectivity index is 1.37. The van der Waals surface area contributed by atoms with Gasteiger partial charge in [-0.15, -0.1) is 0 Å². The van der Waals surface area contributed by atoms with Crippen molar-refractivity contribution in [2.75, 3.05) is 46.8 Å². The molecule has 3 rings (SSSR count). The van der Waals surface area contributed by atoms with Crippen molar-refractivity contribution >= 4 is 5.97 Å². The first-order valence-corrected chi connectivity index (χ1v) is 8.79. The quantitative estimate of drug-likeness (QED) is 0.472. The second-order valence-electron chi connectivity index (χ2n) is 7.51. The maximum atomic E-state index is 12.1. The number of carbonyl (C=O) groups is 1. The summed E-state index contributed by atoms with van der Waals surface area (Å²) in [7, 11) is 4.56. The zero-order chi connectivity index (χ0) is 14.8. The molecule has 3 saturated heterocycles. The third-order valence-electron chi connectivity index (χ3n) is 6.04. The smallest absolute Gasteiger partial charge is 0.311 e. The number of fused-ring (bicyclic) bond motifs is 2. The van der Waals surface area contributed by atoms with E-state index in [1.54, 1.807) is 14.7 Å². The van der Waals surface area contributed by atoms with Gasteiger partial charge in [0.1, 0.15) is 32.3 Å². The van der Waals surface area contributed by atoms with E-state index in [1.165, 1.54) is 39.0 Å². The lowest BCUT2D eigenvalue weighted by molar-refractivity contribution is -1.00. The minimum Gasteiger partial charge on any atom is -0.462 e. The van der Waals surface area contributed by atoms with Gasteiger partial charge in [0, 0.05) is 25.7 Å². The highest BCUT2D eigenvalue weighted by Gasteiger charge is 2.43. The van der Waals surface area contributed by atoms with Gasteiger partial charge in [-0.25, -0.2) is 0 Å². The average molecular weight is 298 g/mol. The SMILES string of the molecule is C[NH+]1CC[NH+](CCC(=O)OC2CC3CCC(C2)[NH+]3C)CC1. The van der Waals surface area contributed by atoms with Crippen molar-refractivity contribution in [1.29, 1.82) is 0 Å². The maximum Gasteiger partial charge on any atom is 0.311 e. The van der Waals surface area contributed by atoms with Crippen LogP contribution in [0.1, 0.15) is 32.1 Å². The number of esters is 1. The summed E-state index contributed by atoms with van der Waals surface area (Å²) in [5.74, 6) is 0.0396. The van der Waals surface area contributed by atoms with E-state index in [1.807, 2.05) is 0 Å². The van der Waals surface area contributed by atoms with Crippen molar-refractivity contribution < 1.29 is 24.2 Å². The molecule has 5 heteroatoms. The molecule has 2 unspecified atom stereocenters. The molecule has 0 saturated carbocycles. The highest BCUT2D eigenvalue weighted by atomic mass is 16.5. The zero-order valence-corrected chi connectivity index (χ0v) is 13.6. The van der Waals surface area contributed by atoms with Crippen LogP contribution >= 0.6 is 0 Å². The molecule has 3 aliphatic rings. The second kappa shape index (κ2) is 6.63. The minimum atomic E-state index is 0.0396. The number of hydrogen-bond donors (Lipinski definition) is 3. The summed E-state index contributed by atoms with van der Waals surface area (Å²) in [6.07, 6.45) is 5.60. The van der Waals surface area contributed by atoms with Crippen LogP contribution < -0.4 is 14.7 Å². The van der Waals surface area contributed by atoms with Crippen LogP contribution in [-0.4, -0.2) is 71.0 Å². The van der Waals surface area contributed by atoms with Gasteiger partial charge in [0.15, 0.2) is 0 Å². The normalized spacial score (nSPS) is 42.8. The maximum absolute atomic E-state index is 12.1. The molecular weight excluding hydrogens is 266 g/mol. The fourth-order valence-electron chi connectivity index (χ4n) is 4.43. The largest absolute Gasteiger partial charge is 0.462 e. The van der Waals surface area contributed by atoms with E-state index in [0.29, 0.717) is 6.42 Å². The number of rotatable bonds is 4. The van der Waals surface area contributed by atoms with E-state index in [0.717, 1.165) is 31.5 Å². The molecule has 0 aliphatic carbocycles. The van der Waals surface area contributed by atoms with Crippen molar-refractivity contribution in [3.8, 4) is 0 Å². The van der Waals surface area contributed by atoms with E-state index in [2.05, 4.69) is 14.1 Å². The lowest BCUT2D eigenvalue weighted by Gasteiger charge is -2.33. The molecule has 0 aromatic rings. The Morgan fingerprint density at radius 1 is 1.05 bits per heavy atom. The molecule has 3 heterocycles. The molecule has 0 radical (unpaired) electrons. The highest BCUT2D eigenvalue weighted by Crippen LogP contribution is 2.24. The Hall–Kier alpha value is -0.650. The first kappa shape index (κ1) is 15.3. The van der Waals surface area contributed by atoms with Crippen molar-refractivity contribution in [2.24, 2.45) is 0 Å². The Morgan fingerprint density at radius 2 is 1.67 bits per heavy atom. The van der Waals surface area contributed by atoms with Crippen LogP contribution in [0, 0.1) is 0 Å². The molecule has 5 nitrogen and oxygen atoms in total. The van der Waals surface area contributed by atoms with Gasteiger partial charge in [-0.05, 0) is 0 Å². The number of ether oxygens (including phenoxy) is 1. The van der Waals surface area contributed by atoms with Crippen molar-refractivity contribution in [3.05, 3.63) is 0 Å². The molecular formula is C16H32N3O2+3. The summed E-state index contributed by atoms with van der Waals surface area (Å²) in [5, 5.41) is 0. The van der Waals surface area contributed by atoms with Crippen LogP contribution in [0.25, 0.3) is 0 Å². The summed E-state index contributed by atoms with van der Waals surface area (Å²) in [6.45, 7) is 5.80. The van der Waals surface area contributed by atoms with Gasteiger partial charge >= 0.3 is 5.97 Å². The first-order valence-electron chi connectivity index (χ1n) is 8.79. The summed E-state index contributed by atoms with van der Waals surface area (Å²) >= 11 is 0. The molecule has 0 spiro atoms. The van der Waals surface area contributed by atoms with Crippen LogP contribution in [0.15, 0.2) is 0 Å². The van der Waals surface area contributed by atoms with Crippen molar-refractivity contribution in [3.63, 3.8) is 0 Å². The van der Waals surface area contributed by atoms with Gasteiger partial charge in [0.05, 0.1) is 39.1 Å². The standard InChI is InChI=1S/C16H29N3O2/c1-17-7-9-19(10-8-17)6-5-16(20)21-15-11-13-3-4-14(12-15)18(13)2/h13-15H,3-12H2,1-2H3/p+3. The Bertz CT molecular complexity index is 355. The molecule has 3 aliphatic heterocycles. The fraction of sp³-hybridized carbons (Fsp3) is 0.938. The van der Waals surface area contributed by atoms with E-state index < -0.39 is 0 Å². The number of likely N-dealkylation sites (N-methyl/N-ethyl adjacent to an activating group) is 1. The summed E-state index contributed by atoms with van der Waals surface area (Å²) in [4.78, 5) is 16.9. The minimum absolute atomic E-state index is 0.0396. The van der Waals surface area contributed by atoms with Gasteiger partial charge < -0.3 is 19.4 Å². The first-order chi connectivity index (χ1) is 10.1. The van der Waals surface area contributed by atoms with Crippen LogP contribution in [-0.2, 0) is 9.53 Å². The monoisotopic (exact) mass is 298 g/mol. The van der Waals surface area contributed by atoms with Gasteiger partial charge in [-0.1, -0.05) is 0 Å². The number of nitrogens with one attached hydrogen (secondary N) is 3. The molecule has 21 heavy (non-hydrogen) atoms. The van der Waals surface area contributed by atoms with Crippen LogP contribution in [0.3, 0.4) is 0 Å². The summed E-state index contributed by atoms with van der Waals surface area (Å²) in [6, 6.07) is 1.46. The van der Waals surface area contributed by atoms with E-state index >= 15 is 0 Å². The summed E-state index contributed by atoms with van der Waals surface area (Å²) < 4.78 is 5.76. The Morgan fingerprint density at radius 3 is 2.29 bits per heavy atom. The van der Waals surface area contributed by atoms with E-state index in [9.17, 15) is 4.79 Å².